The van der Waals surface area contributed by atoms with E-state index in [2.05, 4.69) is 36.2 Å². The van der Waals surface area contributed by atoms with Crippen molar-refractivity contribution in [3.63, 3.8) is 0 Å². The standard InChI is InChI=1S/C12H13N3S2/c1-8-2-4-9(5-3-8)16-7-11-15-6-10(17-11)12(13)14/h2-6H,7H2,1H3,(H3,13,14). The number of aryl methyl sites for hydroxylation is 1. The van der Waals surface area contributed by atoms with E-state index >= 15 is 0 Å². The molecule has 1 heterocycles. The SMILES string of the molecule is Cc1ccc(SCc2ncc(C(=N)N)s2)cc1. The second kappa shape index (κ2) is 5.33. The first kappa shape index (κ1) is 12.1. The fourth-order valence-electron chi connectivity index (χ4n) is 1.28. The van der Waals surface area contributed by atoms with E-state index < -0.39 is 0 Å². The second-order valence-corrected chi connectivity index (χ2v) is 5.80. The summed E-state index contributed by atoms with van der Waals surface area (Å²) < 4.78 is 0. The van der Waals surface area contributed by atoms with Gasteiger partial charge in [-0.3, -0.25) is 5.41 Å². The van der Waals surface area contributed by atoms with Gasteiger partial charge in [0.05, 0.1) is 10.6 Å². The van der Waals surface area contributed by atoms with Gasteiger partial charge in [-0.05, 0) is 19.1 Å². The molecule has 0 saturated carbocycles. The third kappa shape index (κ3) is 3.31. The first-order chi connectivity index (χ1) is 8.15. The Morgan fingerprint density at radius 1 is 1.41 bits per heavy atom. The predicted octanol–water partition coefficient (Wildman–Crippen LogP) is 3.03. The number of rotatable bonds is 4. The second-order valence-electron chi connectivity index (χ2n) is 3.63. The highest BCUT2D eigenvalue weighted by Gasteiger charge is 2.04. The lowest BCUT2D eigenvalue weighted by Crippen LogP contribution is -2.08. The zero-order valence-electron chi connectivity index (χ0n) is 9.43. The molecule has 1 aromatic carbocycles. The van der Waals surface area contributed by atoms with Crippen LogP contribution in [0.15, 0.2) is 35.4 Å². The third-order valence-corrected chi connectivity index (χ3v) is 4.44. The van der Waals surface area contributed by atoms with Crippen LogP contribution in [0.5, 0.6) is 0 Å². The number of thioether (sulfide) groups is 1. The Bertz CT molecular complexity index is 517. The molecule has 0 spiro atoms. The monoisotopic (exact) mass is 263 g/mol. The van der Waals surface area contributed by atoms with Crippen molar-refractivity contribution in [3.8, 4) is 0 Å². The largest absolute Gasteiger partial charge is 0.383 e. The van der Waals surface area contributed by atoms with Crippen molar-refractivity contribution in [1.82, 2.24) is 4.98 Å². The molecular weight excluding hydrogens is 250 g/mol. The van der Waals surface area contributed by atoms with Crippen LogP contribution in [0.2, 0.25) is 0 Å². The van der Waals surface area contributed by atoms with Gasteiger partial charge in [0, 0.05) is 11.1 Å². The van der Waals surface area contributed by atoms with Gasteiger partial charge in [0.2, 0.25) is 0 Å². The van der Waals surface area contributed by atoms with Gasteiger partial charge in [0.15, 0.2) is 0 Å². The number of hydrogen-bond acceptors (Lipinski definition) is 4. The van der Waals surface area contributed by atoms with Gasteiger partial charge in [0.1, 0.15) is 10.8 Å². The van der Waals surface area contributed by atoms with Crippen LogP contribution in [0.25, 0.3) is 0 Å². The minimum Gasteiger partial charge on any atom is -0.383 e. The predicted molar refractivity (Wildman–Crippen MR) is 73.9 cm³/mol. The van der Waals surface area contributed by atoms with Crippen molar-refractivity contribution >= 4 is 28.9 Å². The van der Waals surface area contributed by atoms with Crippen LogP contribution in [0.4, 0.5) is 0 Å². The number of nitrogens with one attached hydrogen (secondary N) is 1. The van der Waals surface area contributed by atoms with Crippen molar-refractivity contribution in [2.24, 2.45) is 5.73 Å². The van der Waals surface area contributed by atoms with E-state index in [4.69, 9.17) is 11.1 Å². The summed E-state index contributed by atoms with van der Waals surface area (Å²) in [6.07, 6.45) is 1.66. The normalized spacial score (nSPS) is 10.4. The van der Waals surface area contributed by atoms with Gasteiger partial charge in [0.25, 0.3) is 0 Å². The van der Waals surface area contributed by atoms with Crippen LogP contribution < -0.4 is 5.73 Å². The topological polar surface area (TPSA) is 62.8 Å². The minimum absolute atomic E-state index is 0.0917. The van der Waals surface area contributed by atoms with Crippen molar-refractivity contribution in [2.75, 3.05) is 0 Å². The Morgan fingerprint density at radius 2 is 2.12 bits per heavy atom. The smallest absolute Gasteiger partial charge is 0.134 e. The molecule has 0 unspecified atom stereocenters. The molecule has 0 radical (unpaired) electrons. The van der Waals surface area contributed by atoms with Gasteiger partial charge >= 0.3 is 0 Å². The number of thiazole rings is 1. The zero-order chi connectivity index (χ0) is 12.3. The molecule has 0 aliphatic heterocycles. The fraction of sp³-hybridized carbons (Fsp3) is 0.167. The first-order valence-corrected chi connectivity index (χ1v) is 6.94. The molecular formula is C12H13N3S2. The molecule has 3 N–H and O–H groups in total. The molecule has 3 nitrogen and oxygen atoms in total. The summed E-state index contributed by atoms with van der Waals surface area (Å²) in [5.41, 5.74) is 6.66. The van der Waals surface area contributed by atoms with Gasteiger partial charge in [-0.25, -0.2) is 4.98 Å². The average Bonchev–Trinajstić information content (AvgIpc) is 2.77. The Hall–Kier alpha value is -1.33. The summed E-state index contributed by atoms with van der Waals surface area (Å²) in [4.78, 5) is 6.22. The van der Waals surface area contributed by atoms with Crippen molar-refractivity contribution in [1.29, 1.82) is 5.41 Å². The van der Waals surface area contributed by atoms with E-state index in [-0.39, 0.29) is 5.84 Å². The van der Waals surface area contributed by atoms with Crippen LogP contribution in [-0.4, -0.2) is 10.8 Å². The van der Waals surface area contributed by atoms with E-state index in [1.807, 2.05) is 0 Å². The van der Waals surface area contributed by atoms with Crippen LogP contribution in [-0.2, 0) is 5.75 Å². The molecule has 0 saturated heterocycles. The molecule has 2 aromatic rings. The summed E-state index contributed by atoms with van der Waals surface area (Å²) >= 11 is 3.23. The molecule has 5 heteroatoms. The highest BCUT2D eigenvalue weighted by atomic mass is 32.2. The molecule has 0 atom stereocenters. The van der Waals surface area contributed by atoms with E-state index in [9.17, 15) is 0 Å². The van der Waals surface area contributed by atoms with E-state index in [0.717, 1.165) is 15.6 Å². The highest BCUT2D eigenvalue weighted by Crippen LogP contribution is 2.25. The maximum atomic E-state index is 7.31. The summed E-state index contributed by atoms with van der Waals surface area (Å²) in [5, 5.41) is 8.31. The van der Waals surface area contributed by atoms with Crippen LogP contribution in [0.3, 0.4) is 0 Å². The van der Waals surface area contributed by atoms with E-state index in [0.29, 0.717) is 0 Å². The highest BCUT2D eigenvalue weighted by molar-refractivity contribution is 7.98. The summed E-state index contributed by atoms with van der Waals surface area (Å²) in [5.74, 6) is 0.912. The minimum atomic E-state index is 0.0917. The van der Waals surface area contributed by atoms with Crippen LogP contribution in [0.1, 0.15) is 15.4 Å². The zero-order valence-corrected chi connectivity index (χ0v) is 11.1. The number of nitrogens with two attached hydrogens (primary N) is 1. The summed E-state index contributed by atoms with van der Waals surface area (Å²) in [7, 11) is 0. The molecule has 2 rings (SSSR count). The number of hydrogen-bond donors (Lipinski definition) is 2. The van der Waals surface area contributed by atoms with E-state index in [1.165, 1.54) is 21.8 Å². The molecule has 0 aliphatic rings. The summed E-state index contributed by atoms with van der Waals surface area (Å²) in [6, 6.07) is 8.43. The number of benzene rings is 1. The van der Waals surface area contributed by atoms with Crippen molar-refractivity contribution in [2.45, 2.75) is 17.6 Å². The van der Waals surface area contributed by atoms with Gasteiger partial charge < -0.3 is 5.73 Å². The lowest BCUT2D eigenvalue weighted by molar-refractivity contribution is 1.26. The molecule has 0 amide bonds. The fourth-order valence-corrected chi connectivity index (χ4v) is 2.96. The number of aromatic nitrogens is 1. The first-order valence-electron chi connectivity index (χ1n) is 5.14. The Balaban J connectivity index is 1.97. The van der Waals surface area contributed by atoms with Gasteiger partial charge in [-0.2, -0.15) is 0 Å². The number of nitrogen functional groups attached to an aromatic ring is 1. The molecule has 88 valence electrons. The van der Waals surface area contributed by atoms with Crippen LogP contribution >= 0.6 is 23.1 Å². The maximum absolute atomic E-state index is 7.31. The Labute approximate surface area is 109 Å². The molecule has 0 fully saturated rings. The maximum Gasteiger partial charge on any atom is 0.134 e. The van der Waals surface area contributed by atoms with Crippen molar-refractivity contribution in [3.05, 3.63) is 45.9 Å². The quantitative estimate of drug-likeness (QED) is 0.506. The van der Waals surface area contributed by atoms with Gasteiger partial charge in [-0.15, -0.1) is 23.1 Å². The average molecular weight is 263 g/mol. The van der Waals surface area contributed by atoms with Crippen LogP contribution in [0, 0.1) is 12.3 Å². The van der Waals surface area contributed by atoms with E-state index in [1.54, 1.807) is 18.0 Å². The summed E-state index contributed by atoms with van der Waals surface area (Å²) in [6.45, 7) is 2.08. The molecule has 17 heavy (non-hydrogen) atoms. The van der Waals surface area contributed by atoms with Crippen molar-refractivity contribution < 1.29 is 0 Å². The number of nitrogens with zero attached hydrogens (tertiary/aromatic N) is 1. The molecule has 0 aliphatic carbocycles. The molecule has 0 bridgehead atoms. The number of amidine groups is 1. The lowest BCUT2D eigenvalue weighted by atomic mass is 10.2. The Kier molecular flexibility index (Phi) is 3.81. The lowest BCUT2D eigenvalue weighted by Gasteiger charge is -1.99. The Morgan fingerprint density at radius 3 is 2.71 bits per heavy atom. The third-order valence-electron chi connectivity index (χ3n) is 2.20. The molecule has 1 aromatic heterocycles. The van der Waals surface area contributed by atoms with Gasteiger partial charge in [-0.1, -0.05) is 17.7 Å².